The molecule has 1 aromatic carbocycles. The first-order valence-corrected chi connectivity index (χ1v) is 5.35. The number of hydrogen-bond donors (Lipinski definition) is 4. The van der Waals surface area contributed by atoms with E-state index in [1.54, 1.807) is 24.3 Å². The first-order chi connectivity index (χ1) is 9.06. The Bertz CT molecular complexity index is 622. The molecule has 1 heterocycles. The summed E-state index contributed by atoms with van der Waals surface area (Å²) in [6.45, 7) is 0. The van der Waals surface area contributed by atoms with Crippen molar-refractivity contribution in [1.29, 1.82) is 0 Å². The summed E-state index contributed by atoms with van der Waals surface area (Å²) in [6.07, 6.45) is -0.186. The largest absolute Gasteiger partial charge is 0.481 e. The number of carbonyl (C=O) groups is 2. The highest BCUT2D eigenvalue weighted by molar-refractivity contribution is 6.02. The van der Waals surface area contributed by atoms with Gasteiger partial charge in [0, 0.05) is 5.69 Å². The number of carboxylic acid groups (broad SMARTS) is 1. The van der Waals surface area contributed by atoms with Crippen LogP contribution in [0.1, 0.15) is 16.2 Å². The summed E-state index contributed by atoms with van der Waals surface area (Å²) >= 11 is 0. The van der Waals surface area contributed by atoms with Crippen molar-refractivity contribution in [3.05, 3.63) is 35.7 Å². The molecule has 0 radical (unpaired) electrons. The van der Waals surface area contributed by atoms with Crippen LogP contribution >= 0.6 is 0 Å². The van der Waals surface area contributed by atoms with Gasteiger partial charge in [-0.05, 0) is 11.6 Å². The van der Waals surface area contributed by atoms with E-state index in [1.165, 1.54) is 0 Å². The highest BCUT2D eigenvalue weighted by atomic mass is 16.4. The molecule has 0 spiro atoms. The summed E-state index contributed by atoms with van der Waals surface area (Å²) < 4.78 is 0. The van der Waals surface area contributed by atoms with Crippen LogP contribution in [0, 0.1) is 0 Å². The SMILES string of the molecule is Nc1n[nH]c(C(=O)Nc2ccccc2CC(=O)O)n1. The van der Waals surface area contributed by atoms with E-state index in [9.17, 15) is 9.59 Å². The molecule has 0 bridgehead atoms. The van der Waals surface area contributed by atoms with Gasteiger partial charge in [0.1, 0.15) is 0 Å². The van der Waals surface area contributed by atoms with Gasteiger partial charge in [0.2, 0.25) is 11.8 Å². The fraction of sp³-hybridized carbons (Fsp3) is 0.0909. The number of aliphatic carboxylic acids is 1. The number of para-hydroxylation sites is 1. The second-order valence-electron chi connectivity index (χ2n) is 3.72. The molecule has 5 N–H and O–H groups in total. The molecule has 0 fully saturated rings. The molecule has 0 saturated heterocycles. The molecular weight excluding hydrogens is 250 g/mol. The Kier molecular flexibility index (Phi) is 3.42. The molecule has 8 heteroatoms. The zero-order valence-corrected chi connectivity index (χ0v) is 9.75. The lowest BCUT2D eigenvalue weighted by Crippen LogP contribution is -2.16. The normalized spacial score (nSPS) is 10.1. The summed E-state index contributed by atoms with van der Waals surface area (Å²) in [5, 5.41) is 17.3. The Balaban J connectivity index is 2.19. The molecule has 8 nitrogen and oxygen atoms in total. The van der Waals surface area contributed by atoms with Gasteiger partial charge in [-0.3, -0.25) is 14.7 Å². The lowest BCUT2D eigenvalue weighted by molar-refractivity contribution is -0.136. The first kappa shape index (κ1) is 12.6. The van der Waals surface area contributed by atoms with Crippen molar-refractivity contribution >= 4 is 23.5 Å². The summed E-state index contributed by atoms with van der Waals surface area (Å²) in [7, 11) is 0. The van der Waals surface area contributed by atoms with Crippen LogP contribution in [-0.4, -0.2) is 32.2 Å². The number of nitrogens with one attached hydrogen (secondary N) is 2. The van der Waals surface area contributed by atoms with Crippen LogP contribution in [0.3, 0.4) is 0 Å². The lowest BCUT2D eigenvalue weighted by Gasteiger charge is -2.08. The Hall–Kier alpha value is -2.90. The van der Waals surface area contributed by atoms with Gasteiger partial charge >= 0.3 is 5.97 Å². The van der Waals surface area contributed by atoms with E-state index in [4.69, 9.17) is 10.8 Å². The van der Waals surface area contributed by atoms with Crippen LogP contribution in [0.5, 0.6) is 0 Å². The summed E-state index contributed by atoms with van der Waals surface area (Å²) in [6, 6.07) is 6.62. The summed E-state index contributed by atoms with van der Waals surface area (Å²) in [5.74, 6) is -1.60. The average Bonchev–Trinajstić information content (AvgIpc) is 2.78. The number of aromatic amines is 1. The number of rotatable bonds is 4. The summed E-state index contributed by atoms with van der Waals surface area (Å²) in [4.78, 5) is 26.2. The average molecular weight is 261 g/mol. The van der Waals surface area contributed by atoms with E-state index >= 15 is 0 Å². The fourth-order valence-corrected chi connectivity index (χ4v) is 1.52. The van der Waals surface area contributed by atoms with Gasteiger partial charge in [0.05, 0.1) is 6.42 Å². The Morgan fingerprint density at radius 2 is 2.11 bits per heavy atom. The third-order valence-corrected chi connectivity index (χ3v) is 2.33. The topological polar surface area (TPSA) is 134 Å². The van der Waals surface area contributed by atoms with E-state index in [0.29, 0.717) is 11.3 Å². The molecule has 0 atom stereocenters. The number of hydrogen-bond acceptors (Lipinski definition) is 5. The van der Waals surface area contributed by atoms with Gasteiger partial charge < -0.3 is 16.2 Å². The van der Waals surface area contributed by atoms with Crippen LogP contribution in [0.4, 0.5) is 11.6 Å². The highest BCUT2D eigenvalue weighted by Crippen LogP contribution is 2.16. The molecule has 2 aromatic rings. The van der Waals surface area contributed by atoms with Crippen molar-refractivity contribution in [2.75, 3.05) is 11.1 Å². The molecule has 98 valence electrons. The monoisotopic (exact) mass is 261 g/mol. The number of benzene rings is 1. The first-order valence-electron chi connectivity index (χ1n) is 5.35. The number of nitrogens with zero attached hydrogens (tertiary/aromatic N) is 2. The number of anilines is 2. The predicted molar refractivity (Wildman–Crippen MR) is 66.5 cm³/mol. The molecule has 0 aliphatic rings. The quantitative estimate of drug-likeness (QED) is 0.624. The van der Waals surface area contributed by atoms with Crippen LogP contribution in [0.15, 0.2) is 24.3 Å². The highest BCUT2D eigenvalue weighted by Gasteiger charge is 2.13. The zero-order chi connectivity index (χ0) is 13.8. The standard InChI is InChI=1S/C11H11N5O3/c12-11-14-9(15-16-11)10(19)13-7-4-2-1-3-6(7)5-8(17)18/h1-4H,5H2,(H,13,19)(H,17,18)(H3,12,14,15,16). The molecule has 1 amide bonds. The lowest BCUT2D eigenvalue weighted by atomic mass is 10.1. The summed E-state index contributed by atoms with van der Waals surface area (Å²) in [5.41, 5.74) is 6.20. The van der Waals surface area contributed by atoms with Crippen molar-refractivity contribution in [2.45, 2.75) is 6.42 Å². The van der Waals surface area contributed by atoms with Crippen LogP contribution < -0.4 is 11.1 Å². The van der Waals surface area contributed by atoms with E-state index in [1.807, 2.05) is 0 Å². The molecular formula is C11H11N5O3. The maximum atomic E-state index is 11.8. The van der Waals surface area contributed by atoms with E-state index in [-0.39, 0.29) is 18.2 Å². The molecule has 0 aliphatic carbocycles. The Morgan fingerprint density at radius 1 is 1.37 bits per heavy atom. The maximum absolute atomic E-state index is 11.8. The smallest absolute Gasteiger partial charge is 0.307 e. The Morgan fingerprint density at radius 3 is 2.74 bits per heavy atom. The van der Waals surface area contributed by atoms with Gasteiger partial charge in [-0.2, -0.15) is 4.98 Å². The zero-order valence-electron chi connectivity index (χ0n) is 9.75. The molecule has 0 saturated carbocycles. The number of carbonyl (C=O) groups excluding carboxylic acids is 1. The molecule has 19 heavy (non-hydrogen) atoms. The second-order valence-corrected chi connectivity index (χ2v) is 3.72. The van der Waals surface area contributed by atoms with Gasteiger partial charge in [-0.15, -0.1) is 5.10 Å². The number of nitrogens with two attached hydrogens (primary N) is 1. The maximum Gasteiger partial charge on any atom is 0.307 e. The minimum absolute atomic E-state index is 0.0380. The Labute approximate surface area is 107 Å². The molecule has 2 rings (SSSR count). The molecule has 1 aromatic heterocycles. The number of aromatic nitrogens is 3. The minimum atomic E-state index is -0.981. The van der Waals surface area contributed by atoms with E-state index in [0.717, 1.165) is 0 Å². The second kappa shape index (κ2) is 5.17. The minimum Gasteiger partial charge on any atom is -0.481 e. The van der Waals surface area contributed by atoms with Gasteiger partial charge in [0.15, 0.2) is 0 Å². The fourth-order valence-electron chi connectivity index (χ4n) is 1.52. The number of amides is 1. The van der Waals surface area contributed by atoms with E-state index < -0.39 is 11.9 Å². The van der Waals surface area contributed by atoms with Gasteiger partial charge in [-0.25, -0.2) is 0 Å². The third kappa shape index (κ3) is 3.06. The molecule has 0 unspecified atom stereocenters. The van der Waals surface area contributed by atoms with Gasteiger partial charge in [0.25, 0.3) is 5.91 Å². The van der Waals surface area contributed by atoms with Crippen molar-refractivity contribution in [3.8, 4) is 0 Å². The number of nitrogen functional groups attached to an aromatic ring is 1. The van der Waals surface area contributed by atoms with Crippen molar-refractivity contribution in [3.63, 3.8) is 0 Å². The predicted octanol–water partition coefficient (Wildman–Crippen LogP) is 0.266. The van der Waals surface area contributed by atoms with Gasteiger partial charge in [-0.1, -0.05) is 18.2 Å². The third-order valence-electron chi connectivity index (χ3n) is 2.33. The molecule has 0 aliphatic heterocycles. The van der Waals surface area contributed by atoms with E-state index in [2.05, 4.69) is 20.5 Å². The van der Waals surface area contributed by atoms with Crippen LogP contribution in [-0.2, 0) is 11.2 Å². The van der Waals surface area contributed by atoms with Crippen LogP contribution in [0.25, 0.3) is 0 Å². The number of carboxylic acids is 1. The van der Waals surface area contributed by atoms with Crippen molar-refractivity contribution < 1.29 is 14.7 Å². The van der Waals surface area contributed by atoms with Crippen molar-refractivity contribution in [2.24, 2.45) is 0 Å². The van der Waals surface area contributed by atoms with Crippen molar-refractivity contribution in [1.82, 2.24) is 15.2 Å². The number of H-pyrrole nitrogens is 1. The van der Waals surface area contributed by atoms with Crippen LogP contribution in [0.2, 0.25) is 0 Å².